The van der Waals surface area contributed by atoms with Gasteiger partial charge >= 0.3 is 5.69 Å². The largest absolute Gasteiger partial charge is 0.356 e. The van der Waals surface area contributed by atoms with Gasteiger partial charge in [0.05, 0.1) is 6.54 Å². The predicted octanol–water partition coefficient (Wildman–Crippen LogP) is -0.502. The van der Waals surface area contributed by atoms with Crippen LogP contribution in [0.15, 0.2) is 15.7 Å². The molecule has 1 aliphatic rings. The van der Waals surface area contributed by atoms with Crippen LogP contribution in [0.3, 0.4) is 0 Å². The molecule has 0 bridgehead atoms. The minimum absolute atomic E-state index is 0.0774. The molecule has 0 aliphatic carbocycles. The molecule has 1 aromatic rings. The maximum Gasteiger partial charge on any atom is 0.333 e. The summed E-state index contributed by atoms with van der Waals surface area (Å²) in [7, 11) is 1.48. The van der Waals surface area contributed by atoms with E-state index < -0.39 is 0 Å². The van der Waals surface area contributed by atoms with Gasteiger partial charge in [0, 0.05) is 32.2 Å². The number of piperidine rings is 1. The van der Waals surface area contributed by atoms with Gasteiger partial charge in [0.2, 0.25) is 0 Å². The SMILES string of the molecule is CC#CCn1c(N2CCC[C@@H](N)C2)cc(=O)n(C)c1=O. The quantitative estimate of drug-likeness (QED) is 0.739. The topological polar surface area (TPSA) is 73.3 Å². The number of aromatic nitrogens is 2. The van der Waals surface area contributed by atoms with Crippen LogP contribution in [0.25, 0.3) is 0 Å². The van der Waals surface area contributed by atoms with Crippen LogP contribution in [0.4, 0.5) is 5.82 Å². The van der Waals surface area contributed by atoms with Gasteiger partial charge < -0.3 is 10.6 Å². The Labute approximate surface area is 117 Å². The Hall–Kier alpha value is -2.00. The number of nitrogens with two attached hydrogens (primary N) is 1. The van der Waals surface area contributed by atoms with Crippen molar-refractivity contribution in [3.8, 4) is 11.8 Å². The zero-order valence-electron chi connectivity index (χ0n) is 11.9. The molecule has 1 fully saturated rings. The summed E-state index contributed by atoms with van der Waals surface area (Å²) in [5.74, 6) is 6.28. The van der Waals surface area contributed by atoms with Crippen molar-refractivity contribution >= 4 is 5.82 Å². The molecule has 6 heteroatoms. The Kier molecular flexibility index (Phi) is 4.30. The van der Waals surface area contributed by atoms with Gasteiger partial charge in [-0.15, -0.1) is 5.92 Å². The molecule has 1 saturated heterocycles. The van der Waals surface area contributed by atoms with Crippen LogP contribution in [0.5, 0.6) is 0 Å². The van der Waals surface area contributed by atoms with Gasteiger partial charge in [0.25, 0.3) is 5.56 Å². The number of nitrogens with zero attached hydrogens (tertiary/aromatic N) is 3. The van der Waals surface area contributed by atoms with Crippen molar-refractivity contribution in [3.05, 3.63) is 26.9 Å². The van der Waals surface area contributed by atoms with Gasteiger partial charge in [-0.05, 0) is 19.8 Å². The lowest BCUT2D eigenvalue weighted by atomic mass is 10.1. The van der Waals surface area contributed by atoms with E-state index in [1.165, 1.54) is 17.7 Å². The lowest BCUT2D eigenvalue weighted by molar-refractivity contribution is 0.492. The summed E-state index contributed by atoms with van der Waals surface area (Å²) >= 11 is 0. The van der Waals surface area contributed by atoms with E-state index in [4.69, 9.17) is 5.73 Å². The smallest absolute Gasteiger partial charge is 0.333 e. The first-order chi connectivity index (χ1) is 9.54. The molecule has 1 atom stereocenters. The second kappa shape index (κ2) is 5.97. The highest BCUT2D eigenvalue weighted by Crippen LogP contribution is 2.16. The normalized spacial score (nSPS) is 18.6. The van der Waals surface area contributed by atoms with E-state index in [2.05, 4.69) is 11.8 Å². The first-order valence-corrected chi connectivity index (χ1v) is 6.75. The van der Waals surface area contributed by atoms with Gasteiger partial charge in [-0.3, -0.25) is 13.9 Å². The molecule has 108 valence electrons. The number of hydrogen-bond acceptors (Lipinski definition) is 4. The summed E-state index contributed by atoms with van der Waals surface area (Å²) in [6.45, 7) is 3.47. The van der Waals surface area contributed by atoms with E-state index in [1.54, 1.807) is 6.92 Å². The van der Waals surface area contributed by atoms with Crippen molar-refractivity contribution < 1.29 is 0 Å². The zero-order valence-corrected chi connectivity index (χ0v) is 11.9. The van der Waals surface area contributed by atoms with E-state index in [9.17, 15) is 9.59 Å². The third-order valence-electron chi connectivity index (χ3n) is 3.57. The Bertz CT molecular complexity index is 662. The second-order valence-corrected chi connectivity index (χ2v) is 5.04. The fourth-order valence-electron chi connectivity index (χ4n) is 2.45. The molecule has 2 heterocycles. The van der Waals surface area contributed by atoms with Crippen molar-refractivity contribution in [1.29, 1.82) is 0 Å². The van der Waals surface area contributed by atoms with E-state index in [0.717, 1.165) is 24.0 Å². The summed E-state index contributed by atoms with van der Waals surface area (Å²) in [5.41, 5.74) is 5.34. The Balaban J connectivity index is 2.51. The molecule has 0 aromatic carbocycles. The lowest BCUT2D eigenvalue weighted by Gasteiger charge is -2.33. The van der Waals surface area contributed by atoms with Crippen molar-refractivity contribution in [3.63, 3.8) is 0 Å². The second-order valence-electron chi connectivity index (χ2n) is 5.04. The van der Waals surface area contributed by atoms with E-state index in [1.807, 2.05) is 4.90 Å². The molecule has 1 aromatic heterocycles. The van der Waals surface area contributed by atoms with Crippen LogP contribution in [-0.4, -0.2) is 28.3 Å². The highest BCUT2D eigenvalue weighted by molar-refractivity contribution is 5.40. The van der Waals surface area contributed by atoms with Crippen molar-refractivity contribution in [2.24, 2.45) is 12.8 Å². The van der Waals surface area contributed by atoms with Crippen molar-refractivity contribution in [1.82, 2.24) is 9.13 Å². The van der Waals surface area contributed by atoms with Crippen LogP contribution in [0.1, 0.15) is 19.8 Å². The minimum atomic E-state index is -0.339. The third-order valence-corrected chi connectivity index (χ3v) is 3.57. The molecular weight excluding hydrogens is 256 g/mol. The molecular formula is C14H20N4O2. The van der Waals surface area contributed by atoms with Crippen molar-refractivity contribution in [2.75, 3.05) is 18.0 Å². The monoisotopic (exact) mass is 276 g/mol. The van der Waals surface area contributed by atoms with E-state index in [0.29, 0.717) is 12.4 Å². The van der Waals surface area contributed by atoms with Gasteiger partial charge in [-0.2, -0.15) is 0 Å². The minimum Gasteiger partial charge on any atom is -0.356 e. The molecule has 0 amide bonds. The maximum absolute atomic E-state index is 12.2. The molecule has 2 rings (SSSR count). The van der Waals surface area contributed by atoms with Gasteiger partial charge in [0.1, 0.15) is 5.82 Å². The third kappa shape index (κ3) is 2.78. The van der Waals surface area contributed by atoms with Crippen LogP contribution in [0, 0.1) is 11.8 Å². The average molecular weight is 276 g/mol. The first-order valence-electron chi connectivity index (χ1n) is 6.75. The summed E-state index contributed by atoms with van der Waals surface area (Å²) in [5, 5.41) is 0. The summed E-state index contributed by atoms with van der Waals surface area (Å²) in [6.07, 6.45) is 1.93. The van der Waals surface area contributed by atoms with E-state index >= 15 is 0 Å². The number of anilines is 1. The average Bonchev–Trinajstić information content (AvgIpc) is 2.43. The highest BCUT2D eigenvalue weighted by atomic mass is 16.2. The molecule has 20 heavy (non-hydrogen) atoms. The summed E-state index contributed by atoms with van der Waals surface area (Å²) in [4.78, 5) is 26.1. The molecule has 1 aliphatic heterocycles. The van der Waals surface area contributed by atoms with Crippen LogP contribution in [-0.2, 0) is 13.6 Å². The van der Waals surface area contributed by atoms with Crippen LogP contribution in [0.2, 0.25) is 0 Å². The summed E-state index contributed by atoms with van der Waals surface area (Å²) < 4.78 is 2.64. The molecule has 0 saturated carbocycles. The lowest BCUT2D eigenvalue weighted by Crippen LogP contribution is -2.47. The fraction of sp³-hybridized carbons (Fsp3) is 0.571. The fourth-order valence-corrected chi connectivity index (χ4v) is 2.45. The van der Waals surface area contributed by atoms with E-state index in [-0.39, 0.29) is 23.8 Å². The van der Waals surface area contributed by atoms with Gasteiger partial charge in [-0.25, -0.2) is 4.79 Å². The molecule has 0 radical (unpaired) electrons. The van der Waals surface area contributed by atoms with Crippen molar-refractivity contribution in [2.45, 2.75) is 32.4 Å². The first kappa shape index (κ1) is 14.4. The predicted molar refractivity (Wildman–Crippen MR) is 78.8 cm³/mol. The Morgan fingerprint density at radius 2 is 2.20 bits per heavy atom. The van der Waals surface area contributed by atoms with Gasteiger partial charge in [0.15, 0.2) is 0 Å². The summed E-state index contributed by atoms with van der Waals surface area (Å²) in [6, 6.07) is 1.57. The molecule has 2 N–H and O–H groups in total. The zero-order chi connectivity index (χ0) is 14.7. The highest BCUT2D eigenvalue weighted by Gasteiger charge is 2.21. The molecule has 6 nitrogen and oxygen atoms in total. The van der Waals surface area contributed by atoms with Gasteiger partial charge in [-0.1, -0.05) is 5.92 Å². The maximum atomic E-state index is 12.2. The standard InChI is InChI=1S/C14H20N4O2/c1-3-4-8-18-12(9-13(19)16(2)14(18)20)17-7-5-6-11(15)10-17/h9,11H,5-8,10,15H2,1-2H3/t11-/m1/s1. The Morgan fingerprint density at radius 3 is 2.85 bits per heavy atom. The van der Waals surface area contributed by atoms with Crippen LogP contribution < -0.4 is 21.9 Å². The molecule has 0 unspecified atom stereocenters. The molecule has 0 spiro atoms. The van der Waals surface area contributed by atoms with Crippen LogP contribution >= 0.6 is 0 Å². The number of rotatable bonds is 2. The number of hydrogen-bond donors (Lipinski definition) is 1. The Morgan fingerprint density at radius 1 is 1.45 bits per heavy atom.